The Morgan fingerprint density at radius 1 is 1.03 bits per heavy atom. The number of fused-ring (bicyclic) bond motifs is 2. The molecule has 1 aliphatic rings. The van der Waals surface area contributed by atoms with Crippen LogP contribution in [-0.4, -0.2) is 48.5 Å². The average molecular weight is 489 g/mol. The van der Waals surface area contributed by atoms with Crippen LogP contribution in [0.15, 0.2) is 45.6 Å². The fourth-order valence-corrected chi connectivity index (χ4v) is 4.61. The number of hydrogen-bond donors (Lipinski definition) is 0. The molecule has 1 aromatic heterocycles. The van der Waals surface area contributed by atoms with E-state index in [1.807, 2.05) is 6.92 Å². The van der Waals surface area contributed by atoms with Crippen LogP contribution in [-0.2, 0) is 0 Å². The van der Waals surface area contributed by atoms with Gasteiger partial charge in [-0.25, -0.2) is 0 Å². The van der Waals surface area contributed by atoms with Crippen molar-refractivity contribution in [2.75, 3.05) is 32.8 Å². The first kappa shape index (κ1) is 23.6. The minimum atomic E-state index is -0.606. The SMILES string of the molecule is CCOc1ccc2c(=O)c3c(oc2c1)C(=O)N(CCN(CC)CC)C3c1ccc(Cl)c(Cl)c1. The summed E-state index contributed by atoms with van der Waals surface area (Å²) in [5, 5.41) is 1.18. The molecule has 0 N–H and O–H groups in total. The molecule has 2 aromatic carbocycles. The summed E-state index contributed by atoms with van der Waals surface area (Å²) < 4.78 is 11.6. The number of halogens is 2. The molecule has 2 heterocycles. The molecule has 1 aliphatic heterocycles. The van der Waals surface area contributed by atoms with Crippen molar-refractivity contribution in [3.63, 3.8) is 0 Å². The number of ether oxygens (including phenoxy) is 1. The zero-order chi connectivity index (χ0) is 23.7. The van der Waals surface area contributed by atoms with E-state index in [0.29, 0.717) is 57.6 Å². The fraction of sp³-hybridized carbons (Fsp3) is 0.360. The molecule has 0 saturated heterocycles. The highest BCUT2D eigenvalue weighted by Gasteiger charge is 2.42. The van der Waals surface area contributed by atoms with E-state index in [2.05, 4.69) is 18.7 Å². The Hall–Kier alpha value is -2.54. The maximum atomic E-state index is 13.6. The number of carbonyl (C=O) groups excluding carboxylic acids is 1. The van der Waals surface area contributed by atoms with Gasteiger partial charge in [0, 0.05) is 19.2 Å². The van der Waals surface area contributed by atoms with E-state index in [9.17, 15) is 9.59 Å². The topological polar surface area (TPSA) is 63.0 Å². The highest BCUT2D eigenvalue weighted by atomic mass is 35.5. The quantitative estimate of drug-likeness (QED) is 0.425. The molecule has 1 unspecified atom stereocenters. The third-order valence-corrected chi connectivity index (χ3v) is 6.80. The number of amides is 1. The molecule has 0 spiro atoms. The summed E-state index contributed by atoms with van der Waals surface area (Å²) in [5.74, 6) is 0.337. The van der Waals surface area contributed by atoms with Gasteiger partial charge in [-0.3, -0.25) is 9.59 Å². The number of likely N-dealkylation sites (N-methyl/N-ethyl adjacent to an activating group) is 1. The van der Waals surface area contributed by atoms with E-state index in [1.165, 1.54) is 0 Å². The lowest BCUT2D eigenvalue weighted by molar-refractivity contribution is 0.0708. The Bertz CT molecular complexity index is 1250. The summed E-state index contributed by atoms with van der Waals surface area (Å²) in [6.45, 7) is 9.36. The number of rotatable bonds is 8. The number of nitrogens with zero attached hydrogens (tertiary/aromatic N) is 2. The highest BCUT2D eigenvalue weighted by molar-refractivity contribution is 6.42. The molecular weight excluding hydrogens is 463 g/mol. The summed E-state index contributed by atoms with van der Waals surface area (Å²) in [4.78, 5) is 31.0. The molecule has 174 valence electrons. The second-order valence-corrected chi connectivity index (χ2v) is 8.68. The summed E-state index contributed by atoms with van der Waals surface area (Å²) in [6, 6.07) is 9.66. The fourth-order valence-electron chi connectivity index (χ4n) is 4.30. The van der Waals surface area contributed by atoms with Gasteiger partial charge >= 0.3 is 0 Å². The lowest BCUT2D eigenvalue weighted by Crippen LogP contribution is -2.37. The van der Waals surface area contributed by atoms with Gasteiger partial charge in [-0.2, -0.15) is 0 Å². The van der Waals surface area contributed by atoms with E-state index in [4.69, 9.17) is 32.4 Å². The van der Waals surface area contributed by atoms with Gasteiger partial charge < -0.3 is 19.0 Å². The minimum Gasteiger partial charge on any atom is -0.494 e. The maximum absolute atomic E-state index is 13.6. The predicted molar refractivity (Wildman–Crippen MR) is 131 cm³/mol. The van der Waals surface area contributed by atoms with Crippen LogP contribution in [0, 0.1) is 0 Å². The van der Waals surface area contributed by atoms with Crippen LogP contribution < -0.4 is 10.2 Å². The Labute approximate surface area is 202 Å². The molecule has 1 atom stereocenters. The third-order valence-electron chi connectivity index (χ3n) is 6.06. The van der Waals surface area contributed by atoms with Gasteiger partial charge in [-0.15, -0.1) is 0 Å². The van der Waals surface area contributed by atoms with Gasteiger partial charge in [0.05, 0.1) is 33.6 Å². The average Bonchev–Trinajstić information content (AvgIpc) is 3.08. The summed E-state index contributed by atoms with van der Waals surface area (Å²) >= 11 is 12.4. The lowest BCUT2D eigenvalue weighted by atomic mass is 9.98. The van der Waals surface area contributed by atoms with E-state index < -0.39 is 6.04 Å². The van der Waals surface area contributed by atoms with Crippen LogP contribution in [0.1, 0.15) is 48.5 Å². The van der Waals surface area contributed by atoms with Gasteiger partial charge in [0.15, 0.2) is 5.43 Å². The molecule has 0 saturated carbocycles. The van der Waals surface area contributed by atoms with Crippen molar-refractivity contribution in [1.82, 2.24) is 9.80 Å². The van der Waals surface area contributed by atoms with E-state index in [-0.39, 0.29) is 17.1 Å². The molecule has 6 nitrogen and oxygen atoms in total. The Morgan fingerprint density at radius 2 is 1.79 bits per heavy atom. The molecule has 8 heteroatoms. The molecule has 0 bridgehead atoms. The Kier molecular flexibility index (Phi) is 6.98. The van der Waals surface area contributed by atoms with E-state index in [0.717, 1.165) is 13.1 Å². The van der Waals surface area contributed by atoms with Crippen LogP contribution in [0.5, 0.6) is 5.75 Å². The number of benzene rings is 2. The van der Waals surface area contributed by atoms with Gasteiger partial charge in [0.25, 0.3) is 5.91 Å². The first-order valence-corrected chi connectivity index (χ1v) is 11.9. The van der Waals surface area contributed by atoms with Crippen molar-refractivity contribution in [3.05, 3.63) is 73.6 Å². The van der Waals surface area contributed by atoms with E-state index >= 15 is 0 Å². The summed E-state index contributed by atoms with van der Waals surface area (Å²) in [6.07, 6.45) is 0. The largest absolute Gasteiger partial charge is 0.494 e. The summed E-state index contributed by atoms with van der Waals surface area (Å²) in [5.41, 5.74) is 1.14. The summed E-state index contributed by atoms with van der Waals surface area (Å²) in [7, 11) is 0. The molecule has 1 amide bonds. The normalized spacial score (nSPS) is 15.5. The van der Waals surface area contributed by atoms with Crippen LogP contribution in [0.3, 0.4) is 0 Å². The Morgan fingerprint density at radius 3 is 2.45 bits per heavy atom. The molecule has 4 rings (SSSR count). The van der Waals surface area contributed by atoms with Crippen LogP contribution in [0.4, 0.5) is 0 Å². The van der Waals surface area contributed by atoms with Gasteiger partial charge in [0.1, 0.15) is 11.3 Å². The smallest absolute Gasteiger partial charge is 0.290 e. The van der Waals surface area contributed by atoms with Crippen molar-refractivity contribution in [1.29, 1.82) is 0 Å². The van der Waals surface area contributed by atoms with Crippen LogP contribution >= 0.6 is 23.2 Å². The molecule has 0 radical (unpaired) electrons. The molecule has 3 aromatic rings. The zero-order valence-electron chi connectivity index (χ0n) is 18.9. The first-order chi connectivity index (χ1) is 15.9. The predicted octanol–water partition coefficient (Wildman–Crippen LogP) is 5.39. The standard InChI is InChI=1S/C25H26Cl2N2O4/c1-4-28(5-2)11-12-29-22(15-7-10-18(26)19(27)13-15)21-23(30)17-9-8-16(32-6-3)14-20(17)33-24(21)25(29)31/h7-10,13-14,22H,4-6,11-12H2,1-3H3. The second kappa shape index (κ2) is 9.75. The van der Waals surface area contributed by atoms with Gasteiger partial charge in [-0.1, -0.05) is 43.1 Å². The molecule has 0 fully saturated rings. The number of hydrogen-bond acceptors (Lipinski definition) is 5. The molecule has 33 heavy (non-hydrogen) atoms. The van der Waals surface area contributed by atoms with Crippen molar-refractivity contribution < 1.29 is 13.9 Å². The monoisotopic (exact) mass is 488 g/mol. The lowest BCUT2D eigenvalue weighted by Gasteiger charge is -2.28. The van der Waals surface area contributed by atoms with E-state index in [1.54, 1.807) is 41.3 Å². The second-order valence-electron chi connectivity index (χ2n) is 7.87. The molecular formula is C25H26Cl2N2O4. The maximum Gasteiger partial charge on any atom is 0.290 e. The van der Waals surface area contributed by atoms with Crippen molar-refractivity contribution in [3.8, 4) is 5.75 Å². The van der Waals surface area contributed by atoms with Gasteiger partial charge in [0.2, 0.25) is 5.76 Å². The number of carbonyl (C=O) groups is 1. The van der Waals surface area contributed by atoms with Crippen LogP contribution in [0.2, 0.25) is 10.0 Å². The third kappa shape index (κ3) is 4.35. The van der Waals surface area contributed by atoms with Crippen LogP contribution in [0.25, 0.3) is 11.0 Å². The highest BCUT2D eigenvalue weighted by Crippen LogP contribution is 2.40. The van der Waals surface area contributed by atoms with Crippen molar-refractivity contribution in [2.45, 2.75) is 26.8 Å². The van der Waals surface area contributed by atoms with Crippen molar-refractivity contribution in [2.24, 2.45) is 0 Å². The minimum absolute atomic E-state index is 0.0665. The van der Waals surface area contributed by atoms with Gasteiger partial charge in [-0.05, 0) is 49.8 Å². The molecule has 0 aliphatic carbocycles. The first-order valence-electron chi connectivity index (χ1n) is 11.1. The van der Waals surface area contributed by atoms with Crippen molar-refractivity contribution >= 4 is 40.1 Å². The zero-order valence-corrected chi connectivity index (χ0v) is 20.4. The Balaban J connectivity index is 1.87.